The lowest BCUT2D eigenvalue weighted by molar-refractivity contribution is -0.113. The van der Waals surface area contributed by atoms with Crippen LogP contribution in [0.3, 0.4) is 0 Å². The Labute approximate surface area is 212 Å². The number of benzene rings is 3. The van der Waals surface area contributed by atoms with Gasteiger partial charge in [0.25, 0.3) is 5.56 Å². The van der Waals surface area contributed by atoms with Gasteiger partial charge in [-0.25, -0.2) is 4.98 Å². The number of nitrogens with zero attached hydrogens (tertiary/aromatic N) is 2. The van der Waals surface area contributed by atoms with Crippen LogP contribution in [0.15, 0.2) is 70.6 Å². The number of para-hydroxylation sites is 1. The van der Waals surface area contributed by atoms with E-state index in [2.05, 4.69) is 10.3 Å². The maximum atomic E-state index is 13.7. The van der Waals surface area contributed by atoms with Crippen molar-refractivity contribution in [2.24, 2.45) is 0 Å². The zero-order valence-electron chi connectivity index (χ0n) is 20.5. The Hall–Kier alpha value is -4.04. The molecule has 5 rings (SSSR count). The van der Waals surface area contributed by atoms with Gasteiger partial charge in [0.15, 0.2) is 5.16 Å². The van der Waals surface area contributed by atoms with Crippen LogP contribution in [0.4, 0.5) is 5.69 Å². The molecule has 0 atom stereocenters. The standard InChI is InChI=1S/C28H26N4O3S/c1-16-13-17(2)24(18(3)14-16)30-23(33)15-36-28-31-25-21-7-5-6-8-22(21)29-26(25)27(34)32(28)19-9-11-20(35-4)12-10-19/h5-14,29H,15H2,1-4H3,(H,30,33). The third-order valence-electron chi connectivity index (χ3n) is 6.10. The van der Waals surface area contributed by atoms with E-state index in [-0.39, 0.29) is 17.2 Å². The number of hydrogen-bond donors (Lipinski definition) is 2. The number of fused-ring (bicyclic) bond motifs is 3. The zero-order valence-corrected chi connectivity index (χ0v) is 21.3. The number of methoxy groups -OCH3 is 1. The summed E-state index contributed by atoms with van der Waals surface area (Å²) in [7, 11) is 1.59. The quantitative estimate of drug-likeness (QED) is 0.237. The first kappa shape index (κ1) is 23.7. The molecule has 2 aromatic heterocycles. The molecule has 0 unspecified atom stereocenters. The highest BCUT2D eigenvalue weighted by molar-refractivity contribution is 7.99. The smallest absolute Gasteiger partial charge is 0.283 e. The first-order valence-corrected chi connectivity index (χ1v) is 12.5. The van der Waals surface area contributed by atoms with Gasteiger partial charge >= 0.3 is 0 Å². The normalized spacial score (nSPS) is 11.2. The highest BCUT2D eigenvalue weighted by atomic mass is 32.2. The average molecular weight is 499 g/mol. The fraction of sp³-hybridized carbons (Fsp3) is 0.179. The monoisotopic (exact) mass is 498 g/mol. The molecule has 0 aliphatic rings. The second kappa shape index (κ2) is 9.54. The summed E-state index contributed by atoms with van der Waals surface area (Å²) in [6, 6.07) is 19.0. The van der Waals surface area contributed by atoms with E-state index in [0.29, 0.717) is 27.6 Å². The maximum absolute atomic E-state index is 13.7. The van der Waals surface area contributed by atoms with Crippen molar-refractivity contribution in [2.75, 3.05) is 18.2 Å². The Morgan fingerprint density at radius 1 is 1.06 bits per heavy atom. The second-order valence-electron chi connectivity index (χ2n) is 8.74. The first-order chi connectivity index (χ1) is 17.4. The second-order valence-corrected chi connectivity index (χ2v) is 9.68. The van der Waals surface area contributed by atoms with E-state index in [0.717, 1.165) is 33.3 Å². The van der Waals surface area contributed by atoms with E-state index in [4.69, 9.17) is 9.72 Å². The maximum Gasteiger partial charge on any atom is 0.283 e. The third kappa shape index (κ3) is 4.35. The van der Waals surface area contributed by atoms with Gasteiger partial charge in [-0.3, -0.25) is 14.2 Å². The lowest BCUT2D eigenvalue weighted by atomic mass is 10.1. The van der Waals surface area contributed by atoms with E-state index >= 15 is 0 Å². The molecular weight excluding hydrogens is 472 g/mol. The summed E-state index contributed by atoms with van der Waals surface area (Å²) < 4.78 is 6.81. The molecule has 0 aliphatic heterocycles. The van der Waals surface area contributed by atoms with Crippen LogP contribution >= 0.6 is 11.8 Å². The van der Waals surface area contributed by atoms with Crippen molar-refractivity contribution in [1.82, 2.24) is 14.5 Å². The molecular formula is C28H26N4O3S. The summed E-state index contributed by atoms with van der Waals surface area (Å²) in [6.07, 6.45) is 0. The van der Waals surface area contributed by atoms with E-state index in [1.807, 2.05) is 57.2 Å². The Bertz CT molecular complexity index is 1650. The van der Waals surface area contributed by atoms with Gasteiger partial charge in [0.05, 0.1) is 18.6 Å². The van der Waals surface area contributed by atoms with Gasteiger partial charge in [0.2, 0.25) is 5.91 Å². The van der Waals surface area contributed by atoms with Gasteiger partial charge in [-0.1, -0.05) is 47.7 Å². The number of nitrogens with one attached hydrogen (secondary N) is 2. The molecule has 7 nitrogen and oxygen atoms in total. The number of anilines is 1. The van der Waals surface area contributed by atoms with E-state index in [1.54, 1.807) is 31.4 Å². The number of carbonyl (C=O) groups is 1. The summed E-state index contributed by atoms with van der Waals surface area (Å²) in [5.74, 6) is 0.622. The minimum Gasteiger partial charge on any atom is -0.497 e. The SMILES string of the molecule is COc1ccc(-n2c(SCC(=O)Nc3c(C)cc(C)cc3C)nc3c([nH]c4ccccc43)c2=O)cc1. The van der Waals surface area contributed by atoms with Gasteiger partial charge in [-0.2, -0.15) is 0 Å². The van der Waals surface area contributed by atoms with Crippen molar-refractivity contribution < 1.29 is 9.53 Å². The molecule has 0 saturated carbocycles. The van der Waals surface area contributed by atoms with Crippen molar-refractivity contribution >= 4 is 45.3 Å². The van der Waals surface area contributed by atoms with Crippen molar-refractivity contribution in [1.29, 1.82) is 0 Å². The van der Waals surface area contributed by atoms with Crippen LogP contribution in [-0.2, 0) is 4.79 Å². The zero-order chi connectivity index (χ0) is 25.4. The number of aromatic amines is 1. The fourth-order valence-corrected chi connectivity index (χ4v) is 5.29. The number of aromatic nitrogens is 3. The summed E-state index contributed by atoms with van der Waals surface area (Å²) >= 11 is 1.23. The van der Waals surface area contributed by atoms with Crippen LogP contribution < -0.4 is 15.6 Å². The largest absolute Gasteiger partial charge is 0.497 e. The Kier molecular flexibility index (Phi) is 6.28. The highest BCUT2D eigenvalue weighted by Crippen LogP contribution is 2.28. The number of thioether (sulfide) groups is 1. The van der Waals surface area contributed by atoms with E-state index in [1.165, 1.54) is 16.3 Å². The number of hydrogen-bond acceptors (Lipinski definition) is 5. The predicted molar refractivity (Wildman–Crippen MR) is 146 cm³/mol. The van der Waals surface area contributed by atoms with Crippen LogP contribution in [0.2, 0.25) is 0 Å². The molecule has 3 aromatic carbocycles. The van der Waals surface area contributed by atoms with Crippen LogP contribution in [0, 0.1) is 20.8 Å². The molecule has 0 spiro atoms. The van der Waals surface area contributed by atoms with Crippen molar-refractivity contribution in [3.05, 3.63) is 87.7 Å². The lowest BCUT2D eigenvalue weighted by Gasteiger charge is -2.14. The van der Waals surface area contributed by atoms with Crippen molar-refractivity contribution in [3.63, 3.8) is 0 Å². The molecule has 182 valence electrons. The first-order valence-electron chi connectivity index (χ1n) is 11.5. The minimum atomic E-state index is -0.227. The Balaban J connectivity index is 1.54. The van der Waals surface area contributed by atoms with Crippen molar-refractivity contribution in [2.45, 2.75) is 25.9 Å². The lowest BCUT2D eigenvalue weighted by Crippen LogP contribution is -2.23. The highest BCUT2D eigenvalue weighted by Gasteiger charge is 2.18. The Morgan fingerprint density at radius 3 is 2.44 bits per heavy atom. The van der Waals surface area contributed by atoms with E-state index < -0.39 is 0 Å². The molecule has 2 N–H and O–H groups in total. The number of amides is 1. The third-order valence-corrected chi connectivity index (χ3v) is 7.04. The Morgan fingerprint density at radius 2 is 1.75 bits per heavy atom. The molecule has 2 heterocycles. The van der Waals surface area contributed by atoms with Crippen LogP contribution in [-0.4, -0.2) is 33.3 Å². The summed E-state index contributed by atoms with van der Waals surface area (Å²) in [5.41, 5.74) is 6.26. The van der Waals surface area contributed by atoms with E-state index in [9.17, 15) is 9.59 Å². The van der Waals surface area contributed by atoms with Gasteiger partial charge in [0, 0.05) is 16.6 Å². The number of ether oxygens (including phenoxy) is 1. The van der Waals surface area contributed by atoms with Gasteiger partial charge < -0.3 is 15.0 Å². The van der Waals surface area contributed by atoms with Crippen molar-refractivity contribution in [3.8, 4) is 11.4 Å². The molecule has 8 heteroatoms. The molecule has 0 fully saturated rings. The van der Waals surface area contributed by atoms with Crippen LogP contribution in [0.1, 0.15) is 16.7 Å². The van der Waals surface area contributed by atoms with Gasteiger partial charge in [0.1, 0.15) is 16.8 Å². The molecule has 5 aromatic rings. The van der Waals surface area contributed by atoms with Gasteiger partial charge in [-0.15, -0.1) is 0 Å². The molecule has 0 bridgehead atoms. The van der Waals surface area contributed by atoms with Crippen LogP contribution in [0.5, 0.6) is 5.75 Å². The number of rotatable bonds is 6. The molecule has 0 saturated heterocycles. The summed E-state index contributed by atoms with van der Waals surface area (Å²) in [6.45, 7) is 6.00. The average Bonchev–Trinajstić information content (AvgIpc) is 3.24. The van der Waals surface area contributed by atoms with Gasteiger partial charge in [-0.05, 0) is 62.2 Å². The minimum absolute atomic E-state index is 0.100. The molecule has 0 aliphatic carbocycles. The molecule has 36 heavy (non-hydrogen) atoms. The summed E-state index contributed by atoms with van der Waals surface area (Å²) in [4.78, 5) is 34.7. The number of aryl methyl sites for hydroxylation is 3. The number of carbonyl (C=O) groups excluding carboxylic acids is 1. The molecule has 0 radical (unpaired) electrons. The number of H-pyrrole nitrogens is 1. The predicted octanol–water partition coefficient (Wildman–Crippen LogP) is 5.53. The topological polar surface area (TPSA) is 89.0 Å². The van der Waals surface area contributed by atoms with Crippen LogP contribution in [0.25, 0.3) is 27.6 Å². The molecule has 1 amide bonds. The summed E-state index contributed by atoms with van der Waals surface area (Å²) in [5, 5.41) is 4.33. The fourth-order valence-electron chi connectivity index (χ4n) is 4.48.